The molecule has 2 aliphatic rings. The van der Waals surface area contributed by atoms with Crippen LogP contribution in [0.1, 0.15) is 68.3 Å². The molecule has 0 unspecified atom stereocenters. The van der Waals surface area contributed by atoms with E-state index in [1.165, 1.54) is 42.6 Å². The van der Waals surface area contributed by atoms with Crippen molar-refractivity contribution in [3.05, 3.63) is 46.0 Å². The number of hydrogen-bond donors (Lipinski definition) is 0. The topological polar surface area (TPSA) is 26.0 Å². The lowest BCUT2D eigenvalue weighted by molar-refractivity contribution is 0.186. The van der Waals surface area contributed by atoms with Gasteiger partial charge in [0.05, 0.1) is 6.67 Å². The van der Waals surface area contributed by atoms with Gasteiger partial charge in [0.1, 0.15) is 5.82 Å². The van der Waals surface area contributed by atoms with Crippen LogP contribution in [0.4, 0.5) is 0 Å². The Bertz CT molecular complexity index is 794. The number of benzene rings is 1. The summed E-state index contributed by atoms with van der Waals surface area (Å²) in [6.45, 7) is 6.26. The molecule has 134 valence electrons. The summed E-state index contributed by atoms with van der Waals surface area (Å²) in [6, 6.07) is 9.76. The zero-order valence-corrected chi connectivity index (χ0v) is 16.3. The monoisotopic (exact) mass is 356 g/mol. The van der Waals surface area contributed by atoms with Gasteiger partial charge in [-0.2, -0.15) is 5.10 Å². The van der Waals surface area contributed by atoms with E-state index in [2.05, 4.69) is 54.6 Å². The van der Waals surface area contributed by atoms with Crippen molar-refractivity contribution in [1.29, 1.82) is 0 Å². The fraction of sp³-hybridized carbons (Fsp3) is 0.600. The van der Waals surface area contributed by atoms with Gasteiger partial charge in [0.15, 0.2) is 4.77 Å². The minimum Gasteiger partial charge on any atom is -0.307 e. The Balaban J connectivity index is 1.50. The molecule has 2 aliphatic carbocycles. The van der Waals surface area contributed by atoms with Crippen molar-refractivity contribution in [2.24, 2.45) is 7.05 Å². The second kappa shape index (κ2) is 6.69. The van der Waals surface area contributed by atoms with E-state index in [0.29, 0.717) is 17.9 Å². The second-order valence-corrected chi connectivity index (χ2v) is 8.35. The smallest absolute Gasteiger partial charge is 0.198 e. The van der Waals surface area contributed by atoms with Crippen LogP contribution < -0.4 is 0 Å². The molecule has 0 radical (unpaired) electrons. The summed E-state index contributed by atoms with van der Waals surface area (Å²) in [5.74, 6) is 2.38. The Morgan fingerprint density at radius 2 is 1.84 bits per heavy atom. The number of nitrogens with zero attached hydrogens (tertiary/aromatic N) is 4. The third-order valence-corrected chi connectivity index (χ3v) is 5.91. The molecule has 2 fully saturated rings. The van der Waals surface area contributed by atoms with Gasteiger partial charge in [-0.3, -0.25) is 4.90 Å². The molecule has 0 bridgehead atoms. The largest absolute Gasteiger partial charge is 0.307 e. The van der Waals surface area contributed by atoms with Crippen LogP contribution in [-0.4, -0.2) is 25.3 Å². The fourth-order valence-corrected chi connectivity index (χ4v) is 3.63. The summed E-state index contributed by atoms with van der Waals surface area (Å²) in [7, 11) is 2.06. The lowest BCUT2D eigenvalue weighted by Gasteiger charge is -2.22. The SMILES string of the molecule is CC(C)c1ccc(CN(Cn2nc(C3CC3)n(C)c2=S)C2CC2)cc1. The van der Waals surface area contributed by atoms with Crippen molar-refractivity contribution in [3.63, 3.8) is 0 Å². The molecule has 0 amide bonds. The molecule has 1 aromatic carbocycles. The van der Waals surface area contributed by atoms with Crippen LogP contribution in [0.25, 0.3) is 0 Å². The van der Waals surface area contributed by atoms with Gasteiger partial charge in [-0.05, 0) is 54.9 Å². The summed E-state index contributed by atoms with van der Waals surface area (Å²) < 4.78 is 4.99. The average Bonchev–Trinajstić information content (AvgIpc) is 3.49. The van der Waals surface area contributed by atoms with Gasteiger partial charge >= 0.3 is 0 Å². The van der Waals surface area contributed by atoms with Crippen LogP contribution in [0.2, 0.25) is 0 Å². The molecule has 0 saturated heterocycles. The van der Waals surface area contributed by atoms with Crippen molar-refractivity contribution in [1.82, 2.24) is 19.2 Å². The van der Waals surface area contributed by atoms with Crippen LogP contribution in [0.15, 0.2) is 24.3 Å². The van der Waals surface area contributed by atoms with Crippen molar-refractivity contribution < 1.29 is 0 Å². The lowest BCUT2D eigenvalue weighted by Crippen LogP contribution is -2.29. The maximum atomic E-state index is 5.63. The molecule has 0 N–H and O–H groups in total. The van der Waals surface area contributed by atoms with Crippen molar-refractivity contribution in [3.8, 4) is 0 Å². The molecule has 4 nitrogen and oxygen atoms in total. The maximum Gasteiger partial charge on any atom is 0.198 e. The molecule has 2 saturated carbocycles. The van der Waals surface area contributed by atoms with Gasteiger partial charge in [-0.25, -0.2) is 4.68 Å². The van der Waals surface area contributed by atoms with Gasteiger partial charge in [-0.1, -0.05) is 38.1 Å². The predicted octanol–water partition coefficient (Wildman–Crippen LogP) is 4.57. The molecule has 0 atom stereocenters. The normalized spacial score (nSPS) is 17.6. The van der Waals surface area contributed by atoms with Gasteiger partial charge in [-0.15, -0.1) is 0 Å². The molecule has 1 heterocycles. The van der Waals surface area contributed by atoms with Gasteiger partial charge in [0, 0.05) is 25.6 Å². The quantitative estimate of drug-likeness (QED) is 0.680. The Morgan fingerprint density at radius 1 is 1.16 bits per heavy atom. The second-order valence-electron chi connectivity index (χ2n) is 7.99. The van der Waals surface area contributed by atoms with Crippen LogP contribution >= 0.6 is 12.2 Å². The highest BCUT2D eigenvalue weighted by Gasteiger charge is 2.32. The van der Waals surface area contributed by atoms with Crippen LogP contribution in [-0.2, 0) is 20.3 Å². The first-order valence-electron chi connectivity index (χ1n) is 9.49. The summed E-state index contributed by atoms with van der Waals surface area (Å²) >= 11 is 5.63. The zero-order valence-electron chi connectivity index (χ0n) is 15.5. The standard InChI is InChI=1S/C20H28N4S/c1-14(2)16-6-4-15(5-7-16)12-23(18-10-11-18)13-24-20(25)22(3)19(21-24)17-8-9-17/h4-7,14,17-18H,8-13H2,1-3H3. The zero-order chi connectivity index (χ0) is 17.6. The summed E-state index contributed by atoms with van der Waals surface area (Å²) in [5, 5.41) is 4.83. The number of hydrogen-bond acceptors (Lipinski definition) is 3. The minimum atomic E-state index is 0.585. The molecule has 2 aromatic rings. The third kappa shape index (κ3) is 3.72. The summed E-state index contributed by atoms with van der Waals surface area (Å²) in [4.78, 5) is 2.53. The van der Waals surface area contributed by atoms with Crippen LogP contribution in [0.3, 0.4) is 0 Å². The first kappa shape index (κ1) is 17.0. The molecule has 0 aliphatic heterocycles. The van der Waals surface area contributed by atoms with E-state index in [0.717, 1.165) is 18.0 Å². The minimum absolute atomic E-state index is 0.585. The van der Waals surface area contributed by atoms with Crippen molar-refractivity contribution in [2.45, 2.75) is 70.6 Å². The van der Waals surface area contributed by atoms with Crippen LogP contribution in [0, 0.1) is 4.77 Å². The highest BCUT2D eigenvalue weighted by Crippen LogP contribution is 2.39. The Labute approximate surface area is 155 Å². The van der Waals surface area contributed by atoms with Gasteiger partial charge in [0.2, 0.25) is 0 Å². The molecular formula is C20H28N4S. The number of rotatable bonds is 7. The highest BCUT2D eigenvalue weighted by atomic mass is 32.1. The molecule has 4 rings (SSSR count). The summed E-state index contributed by atoms with van der Waals surface area (Å²) in [5.41, 5.74) is 2.78. The molecule has 25 heavy (non-hydrogen) atoms. The van der Waals surface area contributed by atoms with E-state index >= 15 is 0 Å². The Morgan fingerprint density at radius 3 is 2.40 bits per heavy atom. The van der Waals surface area contributed by atoms with E-state index < -0.39 is 0 Å². The van der Waals surface area contributed by atoms with E-state index in [9.17, 15) is 0 Å². The van der Waals surface area contributed by atoms with Crippen molar-refractivity contribution in [2.75, 3.05) is 0 Å². The first-order valence-corrected chi connectivity index (χ1v) is 9.90. The average molecular weight is 357 g/mol. The Hall–Kier alpha value is -1.46. The Kier molecular flexibility index (Phi) is 4.54. The maximum absolute atomic E-state index is 5.63. The lowest BCUT2D eigenvalue weighted by atomic mass is 10.0. The molecule has 1 aromatic heterocycles. The van der Waals surface area contributed by atoms with E-state index in [4.69, 9.17) is 17.3 Å². The van der Waals surface area contributed by atoms with E-state index in [-0.39, 0.29) is 0 Å². The van der Waals surface area contributed by atoms with Gasteiger partial charge < -0.3 is 4.57 Å². The molecule has 5 heteroatoms. The third-order valence-electron chi connectivity index (χ3n) is 5.43. The highest BCUT2D eigenvalue weighted by molar-refractivity contribution is 7.71. The molecule has 0 spiro atoms. The van der Waals surface area contributed by atoms with Crippen LogP contribution in [0.5, 0.6) is 0 Å². The van der Waals surface area contributed by atoms with Gasteiger partial charge in [0.25, 0.3) is 0 Å². The van der Waals surface area contributed by atoms with E-state index in [1.54, 1.807) is 0 Å². The number of aromatic nitrogens is 3. The molecular weight excluding hydrogens is 328 g/mol. The summed E-state index contributed by atoms with van der Waals surface area (Å²) in [6.07, 6.45) is 5.10. The van der Waals surface area contributed by atoms with Crippen molar-refractivity contribution >= 4 is 12.2 Å². The van der Waals surface area contributed by atoms with E-state index in [1.807, 2.05) is 4.68 Å². The predicted molar refractivity (Wildman–Crippen MR) is 103 cm³/mol. The first-order chi connectivity index (χ1) is 12.0. The fourth-order valence-electron chi connectivity index (χ4n) is 3.44.